The van der Waals surface area contributed by atoms with Gasteiger partial charge < -0.3 is 15.2 Å². The van der Waals surface area contributed by atoms with Crippen molar-refractivity contribution >= 4 is 0 Å². The molecule has 0 bridgehead atoms. The zero-order valence-electron chi connectivity index (χ0n) is 11.7. The molecule has 1 aromatic rings. The Labute approximate surface area is 116 Å². The Hall–Kier alpha value is -0.900. The molecule has 0 amide bonds. The summed E-state index contributed by atoms with van der Waals surface area (Å²) >= 11 is 0. The Bertz CT molecular complexity index is 355. The third-order valence-corrected chi connectivity index (χ3v) is 3.98. The fourth-order valence-corrected chi connectivity index (χ4v) is 2.86. The highest BCUT2D eigenvalue weighted by atomic mass is 16.5. The van der Waals surface area contributed by atoms with Crippen molar-refractivity contribution in [1.29, 1.82) is 0 Å². The van der Waals surface area contributed by atoms with E-state index in [1.807, 2.05) is 6.07 Å². The summed E-state index contributed by atoms with van der Waals surface area (Å²) in [4.78, 5) is 0. The number of ether oxygens (including phenoxy) is 1. The van der Waals surface area contributed by atoms with E-state index in [2.05, 4.69) is 29.6 Å². The number of rotatable bonds is 7. The van der Waals surface area contributed by atoms with Crippen molar-refractivity contribution in [2.75, 3.05) is 20.3 Å². The fourth-order valence-electron chi connectivity index (χ4n) is 2.86. The highest BCUT2D eigenvalue weighted by molar-refractivity contribution is 5.15. The molecule has 106 valence electrons. The van der Waals surface area contributed by atoms with Crippen LogP contribution >= 0.6 is 0 Å². The number of benzene rings is 1. The van der Waals surface area contributed by atoms with Gasteiger partial charge in [0.1, 0.15) is 0 Å². The second-order valence-electron chi connectivity index (χ2n) is 5.51. The first-order chi connectivity index (χ1) is 9.29. The molecule has 0 heterocycles. The average molecular weight is 263 g/mol. The monoisotopic (exact) mass is 263 g/mol. The minimum atomic E-state index is -0.118. The molecule has 0 spiro atoms. The minimum Gasteiger partial charge on any atom is -0.393 e. The molecular formula is C16H25NO2. The van der Waals surface area contributed by atoms with Crippen molar-refractivity contribution < 1.29 is 9.84 Å². The molecule has 19 heavy (non-hydrogen) atoms. The van der Waals surface area contributed by atoms with Gasteiger partial charge in [-0.2, -0.15) is 0 Å². The van der Waals surface area contributed by atoms with Crippen LogP contribution in [0.1, 0.15) is 24.8 Å². The molecular weight excluding hydrogens is 238 g/mol. The molecule has 2 N–H and O–H groups in total. The molecule has 0 aromatic heterocycles. The molecule has 1 aromatic carbocycles. The van der Waals surface area contributed by atoms with E-state index in [9.17, 15) is 5.11 Å². The first-order valence-corrected chi connectivity index (χ1v) is 7.24. The molecule has 3 atom stereocenters. The maximum absolute atomic E-state index is 9.85. The highest BCUT2D eigenvalue weighted by Crippen LogP contribution is 2.24. The summed E-state index contributed by atoms with van der Waals surface area (Å²) in [7, 11) is 1.74. The van der Waals surface area contributed by atoms with Gasteiger partial charge in [0, 0.05) is 19.7 Å². The number of hydrogen-bond donors (Lipinski definition) is 2. The summed E-state index contributed by atoms with van der Waals surface area (Å²) in [5, 5.41) is 13.4. The maximum atomic E-state index is 9.85. The van der Waals surface area contributed by atoms with Gasteiger partial charge >= 0.3 is 0 Å². The molecule has 3 unspecified atom stereocenters. The lowest BCUT2D eigenvalue weighted by atomic mass is 10.0. The molecule has 0 radical (unpaired) electrons. The van der Waals surface area contributed by atoms with Gasteiger partial charge in [0.25, 0.3) is 0 Å². The minimum absolute atomic E-state index is 0.118. The van der Waals surface area contributed by atoms with Gasteiger partial charge in [0.15, 0.2) is 0 Å². The van der Waals surface area contributed by atoms with Gasteiger partial charge in [0.2, 0.25) is 0 Å². The van der Waals surface area contributed by atoms with Crippen molar-refractivity contribution in [3.8, 4) is 0 Å². The number of aliphatic hydroxyl groups is 1. The molecule has 3 heteroatoms. The average Bonchev–Trinajstić information content (AvgIpc) is 2.83. The number of aliphatic hydroxyl groups excluding tert-OH is 1. The van der Waals surface area contributed by atoms with Crippen LogP contribution in [0.15, 0.2) is 30.3 Å². The van der Waals surface area contributed by atoms with Crippen molar-refractivity contribution in [3.63, 3.8) is 0 Å². The summed E-state index contributed by atoms with van der Waals surface area (Å²) in [6.07, 6.45) is 4.10. The first kappa shape index (κ1) is 14.5. The second kappa shape index (κ2) is 7.63. The SMILES string of the molecule is COCC(Cc1ccccc1)NCC1CCCC1O. The summed E-state index contributed by atoms with van der Waals surface area (Å²) in [6.45, 7) is 1.60. The van der Waals surface area contributed by atoms with Crippen LogP contribution < -0.4 is 5.32 Å². The van der Waals surface area contributed by atoms with Gasteiger partial charge in [-0.05, 0) is 30.7 Å². The molecule has 1 aliphatic carbocycles. The summed E-state index contributed by atoms with van der Waals surface area (Å²) in [5.41, 5.74) is 1.32. The number of nitrogens with one attached hydrogen (secondary N) is 1. The Balaban J connectivity index is 1.82. The van der Waals surface area contributed by atoms with Crippen LogP contribution in [-0.2, 0) is 11.2 Å². The number of hydrogen-bond acceptors (Lipinski definition) is 3. The van der Waals surface area contributed by atoms with Crippen molar-refractivity contribution in [3.05, 3.63) is 35.9 Å². The molecule has 2 rings (SSSR count). The zero-order valence-corrected chi connectivity index (χ0v) is 11.7. The van der Waals surface area contributed by atoms with E-state index in [0.29, 0.717) is 18.6 Å². The van der Waals surface area contributed by atoms with Crippen LogP contribution in [0.5, 0.6) is 0 Å². The van der Waals surface area contributed by atoms with E-state index in [-0.39, 0.29) is 6.10 Å². The highest BCUT2D eigenvalue weighted by Gasteiger charge is 2.25. The van der Waals surface area contributed by atoms with E-state index >= 15 is 0 Å². The lowest BCUT2D eigenvalue weighted by molar-refractivity contribution is 0.121. The van der Waals surface area contributed by atoms with Gasteiger partial charge in [-0.15, -0.1) is 0 Å². The van der Waals surface area contributed by atoms with Gasteiger partial charge in [-0.25, -0.2) is 0 Å². The van der Waals surface area contributed by atoms with E-state index in [1.54, 1.807) is 7.11 Å². The van der Waals surface area contributed by atoms with E-state index < -0.39 is 0 Å². The Morgan fingerprint density at radius 3 is 2.74 bits per heavy atom. The summed E-state index contributed by atoms with van der Waals surface area (Å²) < 4.78 is 5.29. The quantitative estimate of drug-likeness (QED) is 0.790. The Kier molecular flexibility index (Phi) is 5.83. The Morgan fingerprint density at radius 2 is 2.11 bits per heavy atom. The van der Waals surface area contributed by atoms with E-state index in [1.165, 1.54) is 5.56 Å². The van der Waals surface area contributed by atoms with Crippen LogP contribution in [0.3, 0.4) is 0 Å². The molecule has 3 nitrogen and oxygen atoms in total. The Morgan fingerprint density at radius 1 is 1.32 bits per heavy atom. The smallest absolute Gasteiger partial charge is 0.0619 e. The number of methoxy groups -OCH3 is 1. The predicted octanol–water partition coefficient (Wildman–Crippen LogP) is 1.99. The van der Waals surface area contributed by atoms with Crippen LogP contribution in [0.4, 0.5) is 0 Å². The molecule has 1 fully saturated rings. The van der Waals surface area contributed by atoms with E-state index in [4.69, 9.17) is 4.74 Å². The van der Waals surface area contributed by atoms with Crippen LogP contribution in [0.2, 0.25) is 0 Å². The molecule has 0 aliphatic heterocycles. The third kappa shape index (κ3) is 4.60. The van der Waals surface area contributed by atoms with Crippen LogP contribution in [0.25, 0.3) is 0 Å². The summed E-state index contributed by atoms with van der Waals surface area (Å²) in [6, 6.07) is 10.8. The van der Waals surface area contributed by atoms with Gasteiger partial charge in [-0.1, -0.05) is 36.8 Å². The van der Waals surface area contributed by atoms with Gasteiger partial charge in [0.05, 0.1) is 12.7 Å². The molecule has 1 saturated carbocycles. The van der Waals surface area contributed by atoms with Crippen LogP contribution in [-0.4, -0.2) is 37.5 Å². The van der Waals surface area contributed by atoms with Gasteiger partial charge in [-0.3, -0.25) is 0 Å². The molecule has 1 aliphatic rings. The third-order valence-electron chi connectivity index (χ3n) is 3.98. The molecule has 0 saturated heterocycles. The summed E-state index contributed by atoms with van der Waals surface area (Å²) in [5.74, 6) is 0.412. The van der Waals surface area contributed by atoms with Crippen molar-refractivity contribution in [2.45, 2.75) is 37.8 Å². The fraction of sp³-hybridized carbons (Fsp3) is 0.625. The topological polar surface area (TPSA) is 41.5 Å². The largest absolute Gasteiger partial charge is 0.393 e. The normalized spacial score (nSPS) is 24.5. The predicted molar refractivity (Wildman–Crippen MR) is 77.2 cm³/mol. The lowest BCUT2D eigenvalue weighted by Crippen LogP contribution is -2.39. The van der Waals surface area contributed by atoms with Crippen LogP contribution in [0, 0.1) is 5.92 Å². The lowest BCUT2D eigenvalue weighted by Gasteiger charge is -2.22. The standard InChI is InChI=1S/C16H25NO2/c1-19-12-15(10-13-6-3-2-4-7-13)17-11-14-8-5-9-16(14)18/h2-4,6-7,14-18H,5,8-12H2,1H3. The zero-order chi connectivity index (χ0) is 13.5. The maximum Gasteiger partial charge on any atom is 0.0619 e. The van der Waals surface area contributed by atoms with E-state index in [0.717, 1.165) is 32.2 Å². The van der Waals surface area contributed by atoms with Crippen molar-refractivity contribution in [2.24, 2.45) is 5.92 Å². The first-order valence-electron chi connectivity index (χ1n) is 7.24. The van der Waals surface area contributed by atoms with Crippen molar-refractivity contribution in [1.82, 2.24) is 5.32 Å². The second-order valence-corrected chi connectivity index (χ2v) is 5.51.